The molecule has 0 saturated heterocycles. The first-order chi connectivity index (χ1) is 7.00. The summed E-state index contributed by atoms with van der Waals surface area (Å²) in [5, 5.41) is 15.8. The number of carboxylic acids is 1. The van der Waals surface area contributed by atoms with E-state index in [4.69, 9.17) is 5.11 Å². The average Bonchev–Trinajstić information content (AvgIpc) is 2.62. The summed E-state index contributed by atoms with van der Waals surface area (Å²) in [5.74, 6) is -0.849. The second-order valence-corrected chi connectivity index (χ2v) is 3.82. The molecule has 5 heteroatoms. The van der Waals surface area contributed by atoms with Crippen molar-refractivity contribution >= 4 is 5.97 Å². The van der Waals surface area contributed by atoms with Crippen LogP contribution < -0.4 is 5.32 Å². The smallest absolute Gasteiger partial charge is 0.320 e. The normalized spacial score (nSPS) is 13.1. The van der Waals surface area contributed by atoms with Crippen LogP contribution in [0.2, 0.25) is 0 Å². The van der Waals surface area contributed by atoms with Gasteiger partial charge in [-0.3, -0.25) is 14.8 Å². The fourth-order valence-electron chi connectivity index (χ4n) is 1.10. The molecule has 0 aliphatic heterocycles. The maximum Gasteiger partial charge on any atom is 0.320 e. The van der Waals surface area contributed by atoms with Crippen molar-refractivity contribution in [3.05, 3.63) is 18.0 Å². The van der Waals surface area contributed by atoms with Crippen molar-refractivity contribution < 1.29 is 9.90 Å². The lowest BCUT2D eigenvalue weighted by atomic mass is 10.3. The van der Waals surface area contributed by atoms with Crippen LogP contribution in [0.4, 0.5) is 0 Å². The minimum absolute atomic E-state index is 0.329. The van der Waals surface area contributed by atoms with E-state index >= 15 is 0 Å². The summed E-state index contributed by atoms with van der Waals surface area (Å²) in [4.78, 5) is 10.5. The van der Waals surface area contributed by atoms with Gasteiger partial charge in [-0.05, 0) is 26.8 Å². The lowest BCUT2D eigenvalue weighted by Crippen LogP contribution is -2.33. The van der Waals surface area contributed by atoms with Crippen molar-refractivity contribution in [1.29, 1.82) is 0 Å². The highest BCUT2D eigenvalue weighted by molar-refractivity contribution is 5.72. The number of carboxylic acid groups (broad SMARTS) is 1. The molecule has 0 spiro atoms. The number of hydrogen-bond donors (Lipinski definition) is 2. The van der Waals surface area contributed by atoms with Crippen LogP contribution in [0.15, 0.2) is 12.3 Å². The topological polar surface area (TPSA) is 67.2 Å². The molecule has 0 radical (unpaired) electrons. The van der Waals surface area contributed by atoms with Crippen LogP contribution >= 0.6 is 0 Å². The number of rotatable bonds is 5. The van der Waals surface area contributed by atoms with E-state index in [1.165, 1.54) is 0 Å². The Bertz CT molecular complexity index is 333. The highest BCUT2D eigenvalue weighted by atomic mass is 16.4. The van der Waals surface area contributed by atoms with E-state index in [2.05, 4.69) is 10.4 Å². The summed E-state index contributed by atoms with van der Waals surface area (Å²) in [6.45, 7) is 6.18. The molecule has 1 heterocycles. The molecule has 15 heavy (non-hydrogen) atoms. The third-order valence-electron chi connectivity index (χ3n) is 2.15. The standard InChI is InChI=1S/C10H17N3O2/c1-7(2)13-5-4-9(12-13)6-11-8(3)10(14)15/h4-5,7-8,11H,6H2,1-3H3,(H,14,15)/t8-/m1/s1. The molecule has 1 rings (SSSR count). The van der Waals surface area contributed by atoms with Gasteiger partial charge in [-0.2, -0.15) is 5.10 Å². The molecule has 1 aromatic rings. The number of hydrogen-bond acceptors (Lipinski definition) is 3. The van der Waals surface area contributed by atoms with Gasteiger partial charge in [0.05, 0.1) is 5.69 Å². The quantitative estimate of drug-likeness (QED) is 0.763. The van der Waals surface area contributed by atoms with Gasteiger partial charge in [0.2, 0.25) is 0 Å². The van der Waals surface area contributed by atoms with Gasteiger partial charge in [0.25, 0.3) is 0 Å². The molecule has 1 atom stereocenters. The fraction of sp³-hybridized carbons (Fsp3) is 0.600. The third kappa shape index (κ3) is 3.36. The SMILES string of the molecule is CC(C)n1ccc(CN[C@H](C)C(=O)O)n1. The molecule has 0 saturated carbocycles. The highest BCUT2D eigenvalue weighted by Crippen LogP contribution is 2.03. The Balaban J connectivity index is 2.47. The molecule has 0 aliphatic rings. The lowest BCUT2D eigenvalue weighted by Gasteiger charge is -2.07. The van der Waals surface area contributed by atoms with E-state index < -0.39 is 12.0 Å². The van der Waals surface area contributed by atoms with E-state index in [9.17, 15) is 4.79 Å². The number of aromatic nitrogens is 2. The van der Waals surface area contributed by atoms with Gasteiger partial charge in [-0.25, -0.2) is 0 Å². The van der Waals surface area contributed by atoms with Gasteiger partial charge < -0.3 is 5.11 Å². The average molecular weight is 211 g/mol. The second-order valence-electron chi connectivity index (χ2n) is 3.82. The van der Waals surface area contributed by atoms with Gasteiger partial charge in [0.1, 0.15) is 6.04 Å². The Kier molecular flexibility index (Phi) is 3.85. The zero-order chi connectivity index (χ0) is 11.4. The second kappa shape index (κ2) is 4.93. The lowest BCUT2D eigenvalue weighted by molar-refractivity contribution is -0.139. The number of carbonyl (C=O) groups is 1. The fourth-order valence-corrected chi connectivity index (χ4v) is 1.10. The van der Waals surface area contributed by atoms with Crippen molar-refractivity contribution in [1.82, 2.24) is 15.1 Å². The molecule has 84 valence electrons. The molecular weight excluding hydrogens is 194 g/mol. The van der Waals surface area contributed by atoms with E-state index in [1.807, 2.05) is 30.8 Å². The Morgan fingerprint density at radius 1 is 1.60 bits per heavy atom. The Labute approximate surface area is 89.1 Å². The van der Waals surface area contributed by atoms with Crippen LogP contribution in [-0.2, 0) is 11.3 Å². The number of nitrogens with one attached hydrogen (secondary N) is 1. The van der Waals surface area contributed by atoms with Crippen molar-refractivity contribution in [2.24, 2.45) is 0 Å². The first kappa shape index (κ1) is 11.7. The number of nitrogens with zero attached hydrogens (tertiary/aromatic N) is 2. The summed E-state index contributed by atoms with van der Waals surface area (Å²) in [7, 11) is 0. The predicted molar refractivity (Wildman–Crippen MR) is 56.5 cm³/mol. The maximum absolute atomic E-state index is 10.5. The molecule has 2 N–H and O–H groups in total. The van der Waals surface area contributed by atoms with Crippen molar-refractivity contribution in [2.45, 2.75) is 39.4 Å². The van der Waals surface area contributed by atoms with Crippen LogP contribution in [0.3, 0.4) is 0 Å². The predicted octanol–water partition coefficient (Wildman–Crippen LogP) is 1.03. The van der Waals surface area contributed by atoms with E-state index in [1.54, 1.807) is 6.92 Å². The highest BCUT2D eigenvalue weighted by Gasteiger charge is 2.10. The first-order valence-electron chi connectivity index (χ1n) is 5.01. The Morgan fingerprint density at radius 3 is 2.73 bits per heavy atom. The summed E-state index contributed by atoms with van der Waals surface area (Å²) < 4.78 is 1.85. The van der Waals surface area contributed by atoms with Crippen LogP contribution in [0.25, 0.3) is 0 Å². The third-order valence-corrected chi connectivity index (χ3v) is 2.15. The van der Waals surface area contributed by atoms with Gasteiger partial charge in [-0.1, -0.05) is 0 Å². The van der Waals surface area contributed by atoms with Crippen molar-refractivity contribution in [2.75, 3.05) is 0 Å². The summed E-state index contributed by atoms with van der Waals surface area (Å²) in [6.07, 6.45) is 1.90. The molecule has 1 aromatic heterocycles. The van der Waals surface area contributed by atoms with Crippen molar-refractivity contribution in [3.8, 4) is 0 Å². The molecule has 0 aliphatic carbocycles. The van der Waals surface area contributed by atoms with Crippen LogP contribution in [-0.4, -0.2) is 26.9 Å². The summed E-state index contributed by atoms with van der Waals surface area (Å²) >= 11 is 0. The molecule has 0 aromatic carbocycles. The largest absolute Gasteiger partial charge is 0.480 e. The number of aliphatic carboxylic acids is 1. The van der Waals surface area contributed by atoms with Crippen LogP contribution in [0, 0.1) is 0 Å². The molecule has 0 fully saturated rings. The molecule has 0 unspecified atom stereocenters. The van der Waals surface area contributed by atoms with E-state index in [0.29, 0.717) is 12.6 Å². The Hall–Kier alpha value is -1.36. The zero-order valence-corrected chi connectivity index (χ0v) is 9.27. The van der Waals surface area contributed by atoms with Crippen molar-refractivity contribution in [3.63, 3.8) is 0 Å². The minimum Gasteiger partial charge on any atom is -0.480 e. The monoisotopic (exact) mass is 211 g/mol. The maximum atomic E-state index is 10.5. The summed E-state index contributed by atoms with van der Waals surface area (Å²) in [5.41, 5.74) is 0.858. The van der Waals surface area contributed by atoms with Gasteiger partial charge in [0.15, 0.2) is 0 Å². The minimum atomic E-state index is -0.849. The molecular formula is C10H17N3O2. The first-order valence-corrected chi connectivity index (χ1v) is 5.01. The molecule has 5 nitrogen and oxygen atoms in total. The van der Waals surface area contributed by atoms with Gasteiger partial charge >= 0.3 is 5.97 Å². The van der Waals surface area contributed by atoms with Gasteiger partial charge in [0, 0.05) is 18.8 Å². The van der Waals surface area contributed by atoms with E-state index in [-0.39, 0.29) is 0 Å². The molecule has 0 amide bonds. The van der Waals surface area contributed by atoms with Crippen LogP contribution in [0.5, 0.6) is 0 Å². The molecule has 0 bridgehead atoms. The zero-order valence-electron chi connectivity index (χ0n) is 9.27. The summed E-state index contributed by atoms with van der Waals surface area (Å²) in [6, 6.07) is 1.67. The Morgan fingerprint density at radius 2 is 2.27 bits per heavy atom. The van der Waals surface area contributed by atoms with E-state index in [0.717, 1.165) is 5.69 Å². The van der Waals surface area contributed by atoms with Crippen LogP contribution in [0.1, 0.15) is 32.5 Å². The van der Waals surface area contributed by atoms with Gasteiger partial charge in [-0.15, -0.1) is 0 Å².